The van der Waals surface area contributed by atoms with Crippen molar-refractivity contribution in [3.8, 4) is 0 Å². The Hall–Kier alpha value is -1.99. The van der Waals surface area contributed by atoms with Crippen LogP contribution in [0.1, 0.15) is 0 Å². The van der Waals surface area contributed by atoms with Crippen LogP contribution < -0.4 is 16.0 Å². The SMILES string of the molecule is O=C(CNC(=O)C(=O)Nc1cc(Cl)cc(Cl)c1)Nc1ccc(Cl)c(Cl)c1. The maximum absolute atomic E-state index is 11.8. The van der Waals surface area contributed by atoms with Gasteiger partial charge in [-0.2, -0.15) is 0 Å². The number of anilines is 2. The first kappa shape index (κ1) is 20.3. The average Bonchev–Trinajstić information content (AvgIpc) is 2.55. The Balaban J connectivity index is 1.85. The molecule has 0 unspecified atom stereocenters. The summed E-state index contributed by atoms with van der Waals surface area (Å²) < 4.78 is 0. The van der Waals surface area contributed by atoms with Gasteiger partial charge in [0.25, 0.3) is 0 Å². The predicted octanol–water partition coefficient (Wildman–Crippen LogP) is 3.99. The van der Waals surface area contributed by atoms with Gasteiger partial charge in [-0.3, -0.25) is 14.4 Å². The zero-order valence-corrected chi connectivity index (χ0v) is 15.9. The van der Waals surface area contributed by atoms with Crippen molar-refractivity contribution in [2.45, 2.75) is 0 Å². The van der Waals surface area contributed by atoms with Crippen LogP contribution >= 0.6 is 46.4 Å². The highest BCUT2D eigenvalue weighted by Crippen LogP contribution is 2.25. The zero-order chi connectivity index (χ0) is 19.3. The van der Waals surface area contributed by atoms with E-state index in [1.54, 1.807) is 6.07 Å². The first-order chi connectivity index (χ1) is 12.2. The number of rotatable bonds is 4. The van der Waals surface area contributed by atoms with E-state index >= 15 is 0 Å². The minimum Gasteiger partial charge on any atom is -0.339 e. The number of carbonyl (C=O) groups excluding carboxylic acids is 3. The third-order valence-corrected chi connectivity index (χ3v) is 4.11. The first-order valence-electron chi connectivity index (χ1n) is 7.05. The molecule has 0 aromatic heterocycles. The molecule has 0 radical (unpaired) electrons. The topological polar surface area (TPSA) is 87.3 Å². The highest BCUT2D eigenvalue weighted by Gasteiger charge is 2.15. The summed E-state index contributed by atoms with van der Waals surface area (Å²) in [6, 6.07) is 8.85. The molecule has 136 valence electrons. The molecule has 0 heterocycles. The van der Waals surface area contributed by atoms with Crippen LogP contribution in [0.15, 0.2) is 36.4 Å². The van der Waals surface area contributed by atoms with Crippen LogP contribution in [0.3, 0.4) is 0 Å². The number of benzene rings is 2. The van der Waals surface area contributed by atoms with Crippen molar-refractivity contribution in [3.05, 3.63) is 56.5 Å². The number of halogens is 4. The van der Waals surface area contributed by atoms with Gasteiger partial charge in [-0.15, -0.1) is 0 Å². The number of hydrogen-bond donors (Lipinski definition) is 3. The molecule has 26 heavy (non-hydrogen) atoms. The molecule has 3 N–H and O–H groups in total. The molecule has 3 amide bonds. The lowest BCUT2D eigenvalue weighted by molar-refractivity contribution is -0.136. The van der Waals surface area contributed by atoms with Crippen molar-refractivity contribution < 1.29 is 14.4 Å². The van der Waals surface area contributed by atoms with Crippen LogP contribution in [0.2, 0.25) is 20.1 Å². The van der Waals surface area contributed by atoms with Gasteiger partial charge in [0, 0.05) is 21.4 Å². The summed E-state index contributed by atoms with van der Waals surface area (Å²) >= 11 is 23.2. The number of nitrogens with one attached hydrogen (secondary N) is 3. The lowest BCUT2D eigenvalue weighted by atomic mass is 10.3. The monoisotopic (exact) mass is 433 g/mol. The molecule has 0 saturated carbocycles. The van der Waals surface area contributed by atoms with E-state index in [0.29, 0.717) is 20.8 Å². The Bertz CT molecular complexity index is 854. The van der Waals surface area contributed by atoms with Crippen LogP contribution in [0.5, 0.6) is 0 Å². The lowest BCUT2D eigenvalue weighted by Crippen LogP contribution is -2.39. The summed E-state index contributed by atoms with van der Waals surface area (Å²) in [5, 5.41) is 8.24. The van der Waals surface area contributed by atoms with E-state index in [2.05, 4.69) is 16.0 Å². The van der Waals surface area contributed by atoms with Gasteiger partial charge in [0.2, 0.25) is 5.91 Å². The number of carbonyl (C=O) groups is 3. The zero-order valence-electron chi connectivity index (χ0n) is 12.9. The third-order valence-electron chi connectivity index (χ3n) is 2.94. The Morgan fingerprint density at radius 3 is 2.00 bits per heavy atom. The van der Waals surface area contributed by atoms with E-state index in [1.165, 1.54) is 30.3 Å². The number of amides is 3. The molecule has 2 aromatic carbocycles. The summed E-state index contributed by atoms with van der Waals surface area (Å²) in [4.78, 5) is 35.4. The second-order valence-electron chi connectivity index (χ2n) is 4.97. The summed E-state index contributed by atoms with van der Waals surface area (Å²) in [7, 11) is 0. The Kier molecular flexibility index (Phi) is 7.11. The van der Waals surface area contributed by atoms with Gasteiger partial charge < -0.3 is 16.0 Å². The maximum Gasteiger partial charge on any atom is 0.313 e. The van der Waals surface area contributed by atoms with E-state index in [0.717, 1.165) is 0 Å². The minimum atomic E-state index is -0.995. The van der Waals surface area contributed by atoms with Crippen molar-refractivity contribution >= 4 is 75.5 Å². The molecule has 0 bridgehead atoms. The summed E-state index contributed by atoms with van der Waals surface area (Å²) in [6.45, 7) is -0.414. The molecule has 0 aliphatic heterocycles. The summed E-state index contributed by atoms with van der Waals surface area (Å²) in [5.74, 6) is -2.51. The van der Waals surface area contributed by atoms with E-state index in [4.69, 9.17) is 46.4 Å². The standard InChI is InChI=1S/C16H11Cl4N3O3/c17-8-3-9(18)5-11(4-8)23-16(26)15(25)21-7-14(24)22-10-1-2-12(19)13(20)6-10/h1-6H,7H2,(H,21,25)(H,22,24)(H,23,26). The van der Waals surface area contributed by atoms with Crippen LogP contribution in [0.25, 0.3) is 0 Å². The molecule has 6 nitrogen and oxygen atoms in total. The third kappa shape index (κ3) is 6.07. The minimum absolute atomic E-state index is 0.253. The van der Waals surface area contributed by atoms with Crippen molar-refractivity contribution in [1.82, 2.24) is 5.32 Å². The highest BCUT2D eigenvalue weighted by molar-refractivity contribution is 6.42. The maximum atomic E-state index is 11.8. The summed E-state index contributed by atoms with van der Waals surface area (Å²) in [6.07, 6.45) is 0. The van der Waals surface area contributed by atoms with Crippen molar-refractivity contribution in [1.29, 1.82) is 0 Å². The molecule has 0 aliphatic carbocycles. The van der Waals surface area contributed by atoms with Gasteiger partial charge in [0.1, 0.15) is 0 Å². The Morgan fingerprint density at radius 1 is 0.731 bits per heavy atom. The second kappa shape index (κ2) is 9.09. The quantitative estimate of drug-likeness (QED) is 0.635. The molecule has 10 heteroatoms. The highest BCUT2D eigenvalue weighted by atomic mass is 35.5. The van der Waals surface area contributed by atoms with Crippen LogP contribution in [0.4, 0.5) is 11.4 Å². The van der Waals surface area contributed by atoms with E-state index in [-0.39, 0.29) is 10.7 Å². The predicted molar refractivity (Wildman–Crippen MR) is 103 cm³/mol. The normalized spacial score (nSPS) is 10.2. The van der Waals surface area contributed by atoms with E-state index in [9.17, 15) is 14.4 Å². The van der Waals surface area contributed by atoms with Gasteiger partial charge >= 0.3 is 11.8 Å². The molecular weight excluding hydrogens is 424 g/mol. The van der Waals surface area contributed by atoms with Gasteiger partial charge in [0.05, 0.1) is 16.6 Å². The molecule has 0 spiro atoms. The molecule has 0 aliphatic rings. The Labute approximate surface area is 168 Å². The van der Waals surface area contributed by atoms with Crippen LogP contribution in [0, 0.1) is 0 Å². The fourth-order valence-electron chi connectivity index (χ4n) is 1.83. The van der Waals surface area contributed by atoms with Gasteiger partial charge in [0.15, 0.2) is 0 Å². The molecular formula is C16H11Cl4N3O3. The van der Waals surface area contributed by atoms with Crippen molar-refractivity contribution in [3.63, 3.8) is 0 Å². The van der Waals surface area contributed by atoms with Gasteiger partial charge in [-0.05, 0) is 36.4 Å². The van der Waals surface area contributed by atoms with E-state index in [1.807, 2.05) is 0 Å². The molecule has 0 atom stereocenters. The van der Waals surface area contributed by atoms with Crippen LogP contribution in [-0.2, 0) is 14.4 Å². The summed E-state index contributed by atoms with van der Waals surface area (Å²) in [5.41, 5.74) is 0.652. The van der Waals surface area contributed by atoms with E-state index < -0.39 is 24.3 Å². The second-order valence-corrected chi connectivity index (χ2v) is 6.66. The smallest absolute Gasteiger partial charge is 0.313 e. The fourth-order valence-corrected chi connectivity index (χ4v) is 2.66. The lowest BCUT2D eigenvalue weighted by Gasteiger charge is -2.08. The molecule has 2 rings (SSSR count). The first-order valence-corrected chi connectivity index (χ1v) is 8.56. The van der Waals surface area contributed by atoms with Crippen molar-refractivity contribution in [2.24, 2.45) is 0 Å². The van der Waals surface area contributed by atoms with Gasteiger partial charge in [-0.1, -0.05) is 46.4 Å². The largest absolute Gasteiger partial charge is 0.339 e. The molecule has 0 fully saturated rings. The number of hydrogen-bond acceptors (Lipinski definition) is 3. The average molecular weight is 435 g/mol. The fraction of sp³-hybridized carbons (Fsp3) is 0.0625. The van der Waals surface area contributed by atoms with Crippen molar-refractivity contribution in [2.75, 3.05) is 17.2 Å². The molecule has 0 saturated heterocycles. The van der Waals surface area contributed by atoms with Gasteiger partial charge in [-0.25, -0.2) is 0 Å². The molecule has 2 aromatic rings. The van der Waals surface area contributed by atoms with Crippen LogP contribution in [-0.4, -0.2) is 24.3 Å². The Morgan fingerprint density at radius 2 is 1.38 bits per heavy atom.